The second-order valence-corrected chi connectivity index (χ2v) is 7.92. The Bertz CT molecular complexity index is 952. The molecule has 4 nitrogen and oxygen atoms in total. The number of rotatable bonds is 2. The van der Waals surface area contributed by atoms with Gasteiger partial charge in [-0.1, -0.05) is 42.5 Å². The van der Waals surface area contributed by atoms with Gasteiger partial charge in [-0.15, -0.1) is 0 Å². The number of carbonyl (C=O) groups is 1. The molecule has 2 atom stereocenters. The van der Waals surface area contributed by atoms with Gasteiger partial charge in [-0.05, 0) is 49.9 Å². The van der Waals surface area contributed by atoms with E-state index in [1.807, 2.05) is 32.9 Å². The maximum atomic E-state index is 12.5. The topological polar surface area (TPSA) is 54.1 Å². The number of hydrogen-bond acceptors (Lipinski definition) is 2. The number of aromatic amines is 1. The molecule has 0 radical (unpaired) electrons. The van der Waals surface area contributed by atoms with Crippen molar-refractivity contribution in [2.24, 2.45) is 0 Å². The number of benzene rings is 2. The molecular weight excluding hydrogens is 324 g/mol. The summed E-state index contributed by atoms with van der Waals surface area (Å²) in [5.74, 6) is 0.177. The number of ether oxygens (including phenoxy) is 1. The Morgan fingerprint density at radius 2 is 1.81 bits per heavy atom. The molecule has 0 saturated heterocycles. The van der Waals surface area contributed by atoms with Crippen LogP contribution in [0, 0.1) is 0 Å². The summed E-state index contributed by atoms with van der Waals surface area (Å²) in [5, 5.41) is 4.33. The average molecular weight is 348 g/mol. The lowest BCUT2D eigenvalue weighted by atomic mass is 9.92. The molecular formula is C22H24N2O2. The first-order valence-corrected chi connectivity index (χ1v) is 9.06. The van der Waals surface area contributed by atoms with Gasteiger partial charge in [0.1, 0.15) is 5.60 Å². The minimum Gasteiger partial charge on any atom is -0.444 e. The minimum absolute atomic E-state index is 0.0970. The first kappa shape index (κ1) is 16.7. The van der Waals surface area contributed by atoms with Crippen molar-refractivity contribution < 1.29 is 9.53 Å². The van der Waals surface area contributed by atoms with Crippen LogP contribution in [0.15, 0.2) is 54.7 Å². The molecule has 3 aromatic rings. The second-order valence-electron chi connectivity index (χ2n) is 7.92. The van der Waals surface area contributed by atoms with E-state index in [1.54, 1.807) is 0 Å². The summed E-state index contributed by atoms with van der Waals surface area (Å²) in [4.78, 5) is 15.8. The fraction of sp³-hybridized carbons (Fsp3) is 0.318. The Labute approximate surface area is 153 Å². The molecule has 0 bridgehead atoms. The largest absolute Gasteiger partial charge is 0.444 e. The molecule has 134 valence electrons. The van der Waals surface area contributed by atoms with E-state index in [0.29, 0.717) is 0 Å². The zero-order chi connectivity index (χ0) is 18.3. The molecule has 4 rings (SSSR count). The van der Waals surface area contributed by atoms with E-state index in [9.17, 15) is 4.79 Å². The number of alkyl carbamates (subject to hydrolysis) is 1. The molecule has 2 aromatic carbocycles. The first-order chi connectivity index (χ1) is 12.4. The van der Waals surface area contributed by atoms with E-state index in [-0.39, 0.29) is 18.1 Å². The van der Waals surface area contributed by atoms with Crippen LogP contribution >= 0.6 is 0 Å². The molecule has 26 heavy (non-hydrogen) atoms. The van der Waals surface area contributed by atoms with Crippen LogP contribution in [0.3, 0.4) is 0 Å². The summed E-state index contributed by atoms with van der Waals surface area (Å²) in [6.07, 6.45) is 2.60. The molecule has 1 aromatic heterocycles. The van der Waals surface area contributed by atoms with Crippen LogP contribution in [0.4, 0.5) is 4.79 Å². The number of para-hydroxylation sites is 1. The second kappa shape index (κ2) is 6.20. The third-order valence-electron chi connectivity index (χ3n) is 4.93. The van der Waals surface area contributed by atoms with Crippen molar-refractivity contribution in [2.75, 3.05) is 0 Å². The van der Waals surface area contributed by atoms with Crippen molar-refractivity contribution in [3.8, 4) is 0 Å². The van der Waals surface area contributed by atoms with Gasteiger partial charge >= 0.3 is 6.09 Å². The Hall–Kier alpha value is -2.75. The molecule has 0 saturated carbocycles. The van der Waals surface area contributed by atoms with Gasteiger partial charge in [0.15, 0.2) is 0 Å². The number of amides is 1. The third-order valence-corrected chi connectivity index (χ3v) is 4.93. The van der Waals surface area contributed by atoms with Crippen LogP contribution in [0.5, 0.6) is 0 Å². The number of hydrogen-bond donors (Lipinski definition) is 2. The maximum Gasteiger partial charge on any atom is 0.408 e. The Kier molecular flexibility index (Phi) is 3.98. The molecule has 1 aliphatic rings. The van der Waals surface area contributed by atoms with E-state index < -0.39 is 5.60 Å². The summed E-state index contributed by atoms with van der Waals surface area (Å²) in [6, 6.07) is 16.5. The van der Waals surface area contributed by atoms with Crippen molar-refractivity contribution in [2.45, 2.75) is 44.8 Å². The van der Waals surface area contributed by atoms with Crippen molar-refractivity contribution in [3.05, 3.63) is 71.4 Å². The average Bonchev–Trinajstić information content (AvgIpc) is 3.15. The molecule has 1 aliphatic carbocycles. The predicted octanol–water partition coefficient (Wildman–Crippen LogP) is 5.07. The number of carbonyl (C=O) groups excluding carboxylic acids is 1. The number of nitrogens with one attached hydrogen (secondary N) is 2. The Morgan fingerprint density at radius 3 is 2.62 bits per heavy atom. The molecule has 0 aliphatic heterocycles. The van der Waals surface area contributed by atoms with Gasteiger partial charge in [0.2, 0.25) is 0 Å². The standard InChI is InChI=1S/C22H24N2O2/c1-22(2,3)26-21(25)24-20-15-9-5-4-8-14(15)12-17(20)18-13-23-19-11-7-6-10-16(18)19/h4-11,13,17,20,23H,12H2,1-3H3,(H,24,25)/t17?,20-/m1/s1. The molecule has 1 amide bonds. The van der Waals surface area contributed by atoms with Gasteiger partial charge in [-0.3, -0.25) is 0 Å². The SMILES string of the molecule is CC(C)(C)OC(=O)N[C@@H]1c2ccccc2CC1c1c[nH]c2ccccc12. The van der Waals surface area contributed by atoms with Crippen LogP contribution < -0.4 is 5.32 Å². The summed E-state index contributed by atoms with van der Waals surface area (Å²) in [6.45, 7) is 5.64. The Morgan fingerprint density at radius 1 is 1.08 bits per heavy atom. The molecule has 2 N–H and O–H groups in total. The Balaban J connectivity index is 1.70. The van der Waals surface area contributed by atoms with Gasteiger partial charge < -0.3 is 15.0 Å². The minimum atomic E-state index is -0.515. The molecule has 1 unspecified atom stereocenters. The monoisotopic (exact) mass is 348 g/mol. The van der Waals surface area contributed by atoms with Gasteiger partial charge in [0.25, 0.3) is 0 Å². The lowest BCUT2D eigenvalue weighted by Crippen LogP contribution is -2.36. The van der Waals surface area contributed by atoms with Crippen LogP contribution in [-0.2, 0) is 11.2 Å². The van der Waals surface area contributed by atoms with E-state index in [2.05, 4.69) is 52.9 Å². The zero-order valence-corrected chi connectivity index (χ0v) is 15.4. The van der Waals surface area contributed by atoms with Crippen LogP contribution in [0.1, 0.15) is 49.4 Å². The van der Waals surface area contributed by atoms with E-state index in [1.165, 1.54) is 22.1 Å². The van der Waals surface area contributed by atoms with Crippen LogP contribution in [0.25, 0.3) is 10.9 Å². The molecule has 0 spiro atoms. The van der Waals surface area contributed by atoms with E-state index in [4.69, 9.17) is 4.74 Å². The van der Waals surface area contributed by atoms with Crippen molar-refractivity contribution in [1.82, 2.24) is 10.3 Å². The highest BCUT2D eigenvalue weighted by Gasteiger charge is 2.36. The molecule has 4 heteroatoms. The highest BCUT2D eigenvalue weighted by atomic mass is 16.6. The third kappa shape index (κ3) is 3.07. The smallest absolute Gasteiger partial charge is 0.408 e. The lowest BCUT2D eigenvalue weighted by molar-refractivity contribution is 0.0498. The van der Waals surface area contributed by atoms with E-state index in [0.717, 1.165) is 11.9 Å². The van der Waals surface area contributed by atoms with Gasteiger partial charge in [0, 0.05) is 23.0 Å². The molecule has 0 fully saturated rings. The predicted molar refractivity (Wildman–Crippen MR) is 103 cm³/mol. The highest BCUT2D eigenvalue weighted by Crippen LogP contribution is 2.44. The van der Waals surface area contributed by atoms with Gasteiger partial charge in [0.05, 0.1) is 6.04 Å². The van der Waals surface area contributed by atoms with Crippen molar-refractivity contribution >= 4 is 17.0 Å². The molecule has 1 heterocycles. The maximum absolute atomic E-state index is 12.5. The van der Waals surface area contributed by atoms with Gasteiger partial charge in [-0.2, -0.15) is 0 Å². The normalized spacial score (nSPS) is 19.3. The van der Waals surface area contributed by atoms with Crippen molar-refractivity contribution in [3.63, 3.8) is 0 Å². The summed E-state index contributed by atoms with van der Waals surface area (Å²) < 4.78 is 5.51. The summed E-state index contributed by atoms with van der Waals surface area (Å²) in [5.41, 5.74) is 4.29. The summed E-state index contributed by atoms with van der Waals surface area (Å²) >= 11 is 0. The summed E-state index contributed by atoms with van der Waals surface area (Å²) in [7, 11) is 0. The van der Waals surface area contributed by atoms with Gasteiger partial charge in [-0.25, -0.2) is 4.79 Å². The first-order valence-electron chi connectivity index (χ1n) is 9.06. The van der Waals surface area contributed by atoms with Crippen LogP contribution in [-0.4, -0.2) is 16.7 Å². The van der Waals surface area contributed by atoms with Crippen molar-refractivity contribution in [1.29, 1.82) is 0 Å². The number of fused-ring (bicyclic) bond motifs is 2. The number of aromatic nitrogens is 1. The quantitative estimate of drug-likeness (QED) is 0.679. The van der Waals surface area contributed by atoms with E-state index >= 15 is 0 Å². The van der Waals surface area contributed by atoms with Crippen LogP contribution in [0.2, 0.25) is 0 Å². The zero-order valence-electron chi connectivity index (χ0n) is 15.4. The number of H-pyrrole nitrogens is 1. The highest BCUT2D eigenvalue weighted by molar-refractivity contribution is 5.84. The fourth-order valence-corrected chi connectivity index (χ4v) is 3.90. The lowest BCUT2D eigenvalue weighted by Gasteiger charge is -2.25. The fourth-order valence-electron chi connectivity index (χ4n) is 3.90.